The fourth-order valence-electron chi connectivity index (χ4n) is 2.50. The highest BCUT2D eigenvalue weighted by atomic mass is 15.3. The van der Waals surface area contributed by atoms with Crippen molar-refractivity contribution in [2.45, 2.75) is 39.3 Å². The van der Waals surface area contributed by atoms with Crippen molar-refractivity contribution in [2.75, 3.05) is 18.0 Å². The minimum absolute atomic E-state index is 0.328. The number of nitrogens with two attached hydrogens (primary N) is 1. The van der Waals surface area contributed by atoms with Crippen LogP contribution < -0.4 is 10.6 Å². The highest BCUT2D eigenvalue weighted by Gasteiger charge is 2.25. The van der Waals surface area contributed by atoms with Crippen LogP contribution in [0.3, 0.4) is 0 Å². The van der Waals surface area contributed by atoms with Gasteiger partial charge in [0.05, 0.1) is 5.69 Å². The van der Waals surface area contributed by atoms with E-state index in [1.165, 1.54) is 0 Å². The molecular weight excluding hydrogens is 224 g/mol. The molecule has 18 heavy (non-hydrogen) atoms. The Balaban J connectivity index is 2.20. The van der Waals surface area contributed by atoms with E-state index in [0.717, 1.165) is 44.1 Å². The predicted molar refractivity (Wildman–Crippen MR) is 75.8 cm³/mol. The molecular formula is C14H24N4. The molecule has 1 aliphatic rings. The minimum atomic E-state index is 0.328. The van der Waals surface area contributed by atoms with Gasteiger partial charge in [0.15, 0.2) is 0 Å². The molecule has 0 saturated carbocycles. The van der Waals surface area contributed by atoms with Crippen LogP contribution in [-0.4, -0.2) is 28.7 Å². The van der Waals surface area contributed by atoms with Gasteiger partial charge in [-0.2, -0.15) is 0 Å². The van der Waals surface area contributed by atoms with Crippen LogP contribution in [0, 0.1) is 5.92 Å². The Kier molecular flexibility index (Phi) is 4.07. The molecule has 2 unspecified atom stereocenters. The largest absolute Gasteiger partial charge is 0.342 e. The molecule has 0 spiro atoms. The Morgan fingerprint density at radius 2 is 2.39 bits per heavy atom. The number of aromatic nitrogens is 2. The van der Waals surface area contributed by atoms with Gasteiger partial charge in [0.25, 0.3) is 0 Å². The lowest BCUT2D eigenvalue weighted by atomic mass is 9.95. The van der Waals surface area contributed by atoms with Crippen molar-refractivity contribution in [3.05, 3.63) is 24.5 Å². The van der Waals surface area contributed by atoms with Gasteiger partial charge < -0.3 is 15.2 Å². The molecule has 4 nitrogen and oxygen atoms in total. The second kappa shape index (κ2) is 5.57. The van der Waals surface area contributed by atoms with Gasteiger partial charge in [-0.05, 0) is 18.8 Å². The molecule has 1 fully saturated rings. The first-order chi connectivity index (χ1) is 8.65. The lowest BCUT2D eigenvalue weighted by molar-refractivity contribution is 0.378. The minimum Gasteiger partial charge on any atom is -0.342 e. The third-order valence-electron chi connectivity index (χ3n) is 3.75. The van der Waals surface area contributed by atoms with Gasteiger partial charge in [-0.25, -0.2) is 4.98 Å². The second-order valence-corrected chi connectivity index (χ2v) is 5.20. The molecule has 2 atom stereocenters. The summed E-state index contributed by atoms with van der Waals surface area (Å²) >= 11 is 0. The molecule has 100 valence electrons. The van der Waals surface area contributed by atoms with Crippen molar-refractivity contribution in [3.8, 4) is 0 Å². The van der Waals surface area contributed by atoms with Crippen LogP contribution in [0.4, 0.5) is 5.95 Å². The van der Waals surface area contributed by atoms with Crippen molar-refractivity contribution in [2.24, 2.45) is 11.7 Å². The molecule has 2 rings (SSSR count). The summed E-state index contributed by atoms with van der Waals surface area (Å²) in [6.07, 6.45) is 6.07. The number of hydrogen-bond acceptors (Lipinski definition) is 3. The molecule has 1 aliphatic heterocycles. The SMILES string of the molecule is C=CCn1cc(CC)nc1N1CCC(N)C(C)C1. The fourth-order valence-corrected chi connectivity index (χ4v) is 2.50. The molecule has 4 heteroatoms. The number of piperidine rings is 1. The van der Waals surface area contributed by atoms with E-state index < -0.39 is 0 Å². The number of allylic oxidation sites excluding steroid dienone is 1. The quantitative estimate of drug-likeness (QED) is 0.827. The zero-order chi connectivity index (χ0) is 13.1. The van der Waals surface area contributed by atoms with Crippen LogP contribution in [0.15, 0.2) is 18.9 Å². The topological polar surface area (TPSA) is 47.1 Å². The van der Waals surface area contributed by atoms with Crippen molar-refractivity contribution in [3.63, 3.8) is 0 Å². The smallest absolute Gasteiger partial charge is 0.206 e. The molecule has 0 aliphatic carbocycles. The van der Waals surface area contributed by atoms with Crippen LogP contribution >= 0.6 is 0 Å². The van der Waals surface area contributed by atoms with Crippen LogP contribution in [0.25, 0.3) is 0 Å². The fraction of sp³-hybridized carbons (Fsp3) is 0.643. The molecule has 1 aromatic rings. The van der Waals surface area contributed by atoms with Crippen molar-refractivity contribution >= 4 is 5.95 Å². The lowest BCUT2D eigenvalue weighted by Gasteiger charge is -2.35. The number of rotatable bonds is 4. The average Bonchev–Trinajstić information content (AvgIpc) is 2.76. The third kappa shape index (κ3) is 2.58. The first-order valence-electron chi connectivity index (χ1n) is 6.83. The maximum absolute atomic E-state index is 6.08. The number of hydrogen-bond donors (Lipinski definition) is 1. The Hall–Kier alpha value is -1.29. The van der Waals surface area contributed by atoms with Crippen molar-refractivity contribution in [1.82, 2.24) is 9.55 Å². The molecule has 1 aromatic heterocycles. The molecule has 2 N–H and O–H groups in total. The number of imidazole rings is 1. The van der Waals surface area contributed by atoms with E-state index in [0.29, 0.717) is 12.0 Å². The van der Waals surface area contributed by atoms with Crippen molar-refractivity contribution < 1.29 is 0 Å². The number of aryl methyl sites for hydroxylation is 1. The third-order valence-corrected chi connectivity index (χ3v) is 3.75. The maximum atomic E-state index is 6.08. The van der Waals surface area contributed by atoms with Crippen LogP contribution in [0.1, 0.15) is 26.0 Å². The summed E-state index contributed by atoms with van der Waals surface area (Å²) in [7, 11) is 0. The second-order valence-electron chi connectivity index (χ2n) is 5.20. The van der Waals surface area contributed by atoms with Crippen LogP contribution in [0.2, 0.25) is 0 Å². The summed E-state index contributed by atoms with van der Waals surface area (Å²) in [5, 5.41) is 0. The normalized spacial score (nSPS) is 24.3. The Labute approximate surface area is 109 Å². The Bertz CT molecular complexity index is 410. The Morgan fingerprint density at radius 1 is 1.61 bits per heavy atom. The molecule has 0 aromatic carbocycles. The molecule has 0 bridgehead atoms. The monoisotopic (exact) mass is 248 g/mol. The summed E-state index contributed by atoms with van der Waals surface area (Å²) in [6, 6.07) is 0.328. The summed E-state index contributed by atoms with van der Waals surface area (Å²) < 4.78 is 2.19. The van der Waals surface area contributed by atoms with E-state index in [1.807, 2.05) is 6.08 Å². The average molecular weight is 248 g/mol. The first-order valence-corrected chi connectivity index (χ1v) is 6.83. The number of anilines is 1. The highest BCUT2D eigenvalue weighted by Crippen LogP contribution is 2.22. The van der Waals surface area contributed by atoms with E-state index in [4.69, 9.17) is 10.7 Å². The van der Waals surface area contributed by atoms with E-state index in [9.17, 15) is 0 Å². The van der Waals surface area contributed by atoms with Crippen molar-refractivity contribution in [1.29, 1.82) is 0 Å². The van der Waals surface area contributed by atoms with E-state index in [1.54, 1.807) is 0 Å². The summed E-state index contributed by atoms with van der Waals surface area (Å²) in [4.78, 5) is 7.09. The van der Waals surface area contributed by atoms with E-state index in [-0.39, 0.29) is 0 Å². The van der Waals surface area contributed by atoms with Gasteiger partial charge in [-0.3, -0.25) is 0 Å². The zero-order valence-corrected chi connectivity index (χ0v) is 11.5. The summed E-state index contributed by atoms with van der Waals surface area (Å²) in [6.45, 7) is 11.0. The first kappa shape index (κ1) is 13.1. The molecule has 2 heterocycles. The van der Waals surface area contributed by atoms with Gasteiger partial charge in [0.1, 0.15) is 0 Å². The number of nitrogens with zero attached hydrogens (tertiary/aromatic N) is 3. The summed E-state index contributed by atoms with van der Waals surface area (Å²) in [5.41, 5.74) is 7.22. The lowest BCUT2D eigenvalue weighted by Crippen LogP contribution is -2.46. The van der Waals surface area contributed by atoms with Gasteiger partial charge in [0, 0.05) is 31.9 Å². The van der Waals surface area contributed by atoms with Gasteiger partial charge in [0.2, 0.25) is 5.95 Å². The molecule has 1 saturated heterocycles. The standard InChI is InChI=1S/C14H24N4/c1-4-7-17-10-12(5-2)16-14(17)18-8-6-13(15)11(3)9-18/h4,10-11,13H,1,5-9,15H2,2-3H3. The predicted octanol–water partition coefficient (Wildman–Crippen LogP) is 1.80. The highest BCUT2D eigenvalue weighted by molar-refractivity contribution is 5.35. The van der Waals surface area contributed by atoms with Gasteiger partial charge >= 0.3 is 0 Å². The zero-order valence-electron chi connectivity index (χ0n) is 11.5. The Morgan fingerprint density at radius 3 is 3.00 bits per heavy atom. The van der Waals surface area contributed by atoms with Crippen LogP contribution in [0.5, 0.6) is 0 Å². The van der Waals surface area contributed by atoms with E-state index in [2.05, 4.69) is 36.1 Å². The van der Waals surface area contributed by atoms with Crippen LogP contribution in [-0.2, 0) is 13.0 Å². The maximum Gasteiger partial charge on any atom is 0.206 e. The summed E-state index contributed by atoms with van der Waals surface area (Å²) in [5.74, 6) is 1.60. The molecule has 0 amide bonds. The van der Waals surface area contributed by atoms with E-state index >= 15 is 0 Å². The van der Waals surface area contributed by atoms with Gasteiger partial charge in [-0.1, -0.05) is 19.9 Å². The molecule has 0 radical (unpaired) electrons. The van der Waals surface area contributed by atoms with Gasteiger partial charge in [-0.15, -0.1) is 6.58 Å².